The number of nitrogens with zero attached hydrogens (tertiary/aromatic N) is 1. The minimum atomic E-state index is -4.54. The standard InChI is InChI=1S/C13H5F7NO/c14-7-6(8(15)10(17)11(18)9(7)16)12(22)13(19,20)21-4-2-1-3-5-21/h1-5H/q+1. The van der Waals surface area contributed by atoms with Crippen LogP contribution in [0.5, 0.6) is 0 Å². The highest BCUT2D eigenvalue weighted by atomic mass is 19.3. The van der Waals surface area contributed by atoms with Crippen molar-refractivity contribution in [1.29, 1.82) is 0 Å². The van der Waals surface area contributed by atoms with Gasteiger partial charge in [0.25, 0.3) is 0 Å². The Morgan fingerprint density at radius 1 is 0.773 bits per heavy atom. The molecule has 0 N–H and O–H groups in total. The number of ketones is 1. The number of Topliss-reactive ketones (excluding diaryl/α,β-unsaturated/α-hetero) is 1. The average molecular weight is 324 g/mol. The quantitative estimate of drug-likeness (QED) is 0.279. The van der Waals surface area contributed by atoms with Crippen molar-refractivity contribution >= 4 is 5.78 Å². The third-order valence-electron chi connectivity index (χ3n) is 2.75. The summed E-state index contributed by atoms with van der Waals surface area (Å²) < 4.78 is 93.4. The van der Waals surface area contributed by atoms with Gasteiger partial charge in [-0.2, -0.15) is 0 Å². The molecule has 2 nitrogen and oxygen atoms in total. The largest absolute Gasteiger partial charge is 0.529 e. The lowest BCUT2D eigenvalue weighted by Crippen LogP contribution is -2.55. The van der Waals surface area contributed by atoms with Crippen molar-refractivity contribution in [2.75, 3.05) is 0 Å². The summed E-state index contributed by atoms with van der Waals surface area (Å²) in [5.41, 5.74) is -2.20. The molecule has 0 aliphatic carbocycles. The van der Waals surface area contributed by atoms with E-state index >= 15 is 0 Å². The molecule has 0 amide bonds. The Kier molecular flexibility index (Phi) is 3.90. The summed E-state index contributed by atoms with van der Waals surface area (Å²) in [6, 6.07) is -1.06. The zero-order valence-corrected chi connectivity index (χ0v) is 10.4. The highest BCUT2D eigenvalue weighted by molar-refractivity contribution is 5.99. The summed E-state index contributed by atoms with van der Waals surface area (Å²) in [4.78, 5) is 11.6. The molecule has 1 aromatic carbocycles. The van der Waals surface area contributed by atoms with E-state index in [9.17, 15) is 35.5 Å². The third kappa shape index (κ3) is 2.32. The molecule has 9 heteroatoms. The first-order valence-electron chi connectivity index (χ1n) is 5.60. The molecule has 116 valence electrons. The number of pyridine rings is 1. The maximum atomic E-state index is 13.9. The molecule has 2 aromatic rings. The van der Waals surface area contributed by atoms with Gasteiger partial charge in [-0.3, -0.25) is 4.79 Å². The fraction of sp³-hybridized carbons (Fsp3) is 0.0769. The predicted octanol–water partition coefficient (Wildman–Crippen LogP) is 3.10. The molecule has 22 heavy (non-hydrogen) atoms. The van der Waals surface area contributed by atoms with Gasteiger partial charge in [0.2, 0.25) is 5.82 Å². The van der Waals surface area contributed by atoms with Crippen LogP contribution >= 0.6 is 0 Å². The van der Waals surface area contributed by atoms with Crippen LogP contribution in [-0.2, 0) is 6.05 Å². The van der Waals surface area contributed by atoms with Gasteiger partial charge < -0.3 is 0 Å². The van der Waals surface area contributed by atoms with Crippen molar-refractivity contribution in [2.24, 2.45) is 0 Å². The second kappa shape index (κ2) is 5.39. The van der Waals surface area contributed by atoms with Crippen LogP contribution < -0.4 is 4.57 Å². The van der Waals surface area contributed by atoms with Crippen LogP contribution in [0.4, 0.5) is 30.7 Å². The molecule has 0 saturated carbocycles. The first-order valence-corrected chi connectivity index (χ1v) is 5.60. The number of hydrogen-bond acceptors (Lipinski definition) is 1. The third-order valence-corrected chi connectivity index (χ3v) is 2.75. The molecule has 1 heterocycles. The molecular formula is C13H5F7NO+. The maximum absolute atomic E-state index is 13.9. The number of benzene rings is 1. The van der Waals surface area contributed by atoms with Gasteiger partial charge >= 0.3 is 11.8 Å². The number of carbonyl (C=O) groups excluding carboxylic acids is 1. The van der Waals surface area contributed by atoms with Crippen LogP contribution in [0.25, 0.3) is 0 Å². The smallest absolute Gasteiger partial charge is 0.279 e. The second-order valence-corrected chi connectivity index (χ2v) is 4.10. The van der Waals surface area contributed by atoms with Crippen LogP contribution in [-0.4, -0.2) is 5.78 Å². The van der Waals surface area contributed by atoms with Crippen molar-refractivity contribution in [3.05, 3.63) is 65.2 Å². The van der Waals surface area contributed by atoms with Crippen LogP contribution in [0.1, 0.15) is 10.4 Å². The Bertz CT molecular complexity index is 717. The highest BCUT2D eigenvalue weighted by Gasteiger charge is 2.53. The van der Waals surface area contributed by atoms with E-state index in [1.54, 1.807) is 0 Å². The molecule has 0 radical (unpaired) electrons. The summed E-state index contributed by atoms with van der Waals surface area (Å²) in [7, 11) is 0. The molecule has 0 aliphatic heterocycles. The summed E-state index contributed by atoms with van der Waals surface area (Å²) in [6.45, 7) is 0. The monoisotopic (exact) mass is 324 g/mol. The van der Waals surface area contributed by atoms with Gasteiger partial charge in [0, 0.05) is 12.1 Å². The summed E-state index contributed by atoms with van der Waals surface area (Å²) in [6.07, 6.45) is 1.40. The number of rotatable bonds is 3. The minimum absolute atomic E-state index is 0.0205. The molecule has 0 bridgehead atoms. The van der Waals surface area contributed by atoms with Gasteiger partial charge in [-0.25, -0.2) is 22.0 Å². The Morgan fingerprint density at radius 2 is 1.18 bits per heavy atom. The summed E-state index contributed by atoms with van der Waals surface area (Å²) in [5, 5.41) is 0. The van der Waals surface area contributed by atoms with E-state index in [1.807, 2.05) is 0 Å². The summed E-state index contributed by atoms with van der Waals surface area (Å²) in [5.74, 6) is -15.3. The lowest BCUT2D eigenvalue weighted by Gasteiger charge is -2.11. The minimum Gasteiger partial charge on any atom is -0.279 e. The lowest BCUT2D eigenvalue weighted by atomic mass is 10.1. The molecule has 1 aromatic heterocycles. The Balaban J connectivity index is 2.65. The fourth-order valence-electron chi connectivity index (χ4n) is 1.66. The van der Waals surface area contributed by atoms with Gasteiger partial charge in [0.1, 0.15) is 5.56 Å². The SMILES string of the molecule is O=C(c1c(F)c(F)c(F)c(F)c1F)C(F)(F)[n+]1ccccc1. The van der Waals surface area contributed by atoms with E-state index in [4.69, 9.17) is 0 Å². The molecule has 0 spiro atoms. The first-order chi connectivity index (χ1) is 10.2. The van der Waals surface area contributed by atoms with Gasteiger partial charge in [0.15, 0.2) is 35.7 Å². The van der Waals surface area contributed by atoms with E-state index in [1.165, 1.54) is 6.07 Å². The molecule has 0 fully saturated rings. The topological polar surface area (TPSA) is 20.9 Å². The van der Waals surface area contributed by atoms with E-state index in [0.29, 0.717) is 12.4 Å². The summed E-state index contributed by atoms with van der Waals surface area (Å²) >= 11 is 0. The van der Waals surface area contributed by atoms with Gasteiger partial charge in [-0.05, 0) is 0 Å². The zero-order chi connectivity index (χ0) is 16.7. The highest BCUT2D eigenvalue weighted by Crippen LogP contribution is 2.28. The van der Waals surface area contributed by atoms with E-state index in [0.717, 1.165) is 12.1 Å². The zero-order valence-electron chi connectivity index (χ0n) is 10.4. The Labute approximate surface area is 118 Å². The van der Waals surface area contributed by atoms with Crippen molar-refractivity contribution in [2.45, 2.75) is 6.05 Å². The van der Waals surface area contributed by atoms with Crippen molar-refractivity contribution in [3.8, 4) is 0 Å². The average Bonchev–Trinajstić information content (AvgIpc) is 2.52. The van der Waals surface area contributed by atoms with E-state index < -0.39 is 46.5 Å². The molecule has 2 rings (SSSR count). The molecule has 0 atom stereocenters. The van der Waals surface area contributed by atoms with Gasteiger partial charge in [0.05, 0.1) is 0 Å². The van der Waals surface area contributed by atoms with E-state index in [-0.39, 0.29) is 4.57 Å². The number of aromatic nitrogens is 1. The second-order valence-electron chi connectivity index (χ2n) is 4.10. The van der Waals surface area contributed by atoms with Crippen molar-refractivity contribution < 1.29 is 40.1 Å². The Morgan fingerprint density at radius 3 is 1.64 bits per heavy atom. The van der Waals surface area contributed by atoms with Gasteiger partial charge in [-0.15, -0.1) is 13.3 Å². The number of halogens is 7. The lowest BCUT2D eigenvalue weighted by molar-refractivity contribution is -0.802. The number of alkyl halides is 2. The number of carbonyl (C=O) groups is 1. The van der Waals surface area contributed by atoms with Crippen molar-refractivity contribution in [1.82, 2.24) is 0 Å². The van der Waals surface area contributed by atoms with Crippen LogP contribution in [0.2, 0.25) is 0 Å². The predicted molar refractivity (Wildman–Crippen MR) is 57.4 cm³/mol. The number of hydrogen-bond donors (Lipinski definition) is 0. The van der Waals surface area contributed by atoms with Gasteiger partial charge in [-0.1, -0.05) is 6.07 Å². The molecule has 0 saturated heterocycles. The van der Waals surface area contributed by atoms with Crippen LogP contribution in [0, 0.1) is 29.1 Å². The fourth-order valence-corrected chi connectivity index (χ4v) is 1.66. The normalized spacial score (nSPS) is 11.6. The van der Waals surface area contributed by atoms with Crippen LogP contribution in [0.3, 0.4) is 0 Å². The molecule has 0 aliphatic rings. The van der Waals surface area contributed by atoms with E-state index in [2.05, 4.69) is 0 Å². The van der Waals surface area contributed by atoms with Crippen LogP contribution in [0.15, 0.2) is 30.6 Å². The molecular weight excluding hydrogens is 319 g/mol. The first kappa shape index (κ1) is 15.9. The molecule has 0 unspecified atom stereocenters. The maximum Gasteiger partial charge on any atom is 0.529 e. The van der Waals surface area contributed by atoms with Crippen molar-refractivity contribution in [3.63, 3.8) is 0 Å². The Hall–Kier alpha value is -2.45.